The molecule has 53 heavy (non-hydrogen) atoms. The minimum absolute atomic E-state index is 0.00564. The molecule has 282 valence electrons. The van der Waals surface area contributed by atoms with Crippen LogP contribution in [0.4, 0.5) is 13.2 Å². The summed E-state index contributed by atoms with van der Waals surface area (Å²) in [6, 6.07) is 15.6. The van der Waals surface area contributed by atoms with E-state index in [2.05, 4.69) is 15.3 Å². The number of aliphatic hydroxyl groups is 1. The minimum atomic E-state index is -4.77. The van der Waals surface area contributed by atoms with E-state index in [1.54, 1.807) is 7.11 Å². The van der Waals surface area contributed by atoms with Gasteiger partial charge in [0.05, 0.1) is 41.6 Å². The molecule has 3 N–H and O–H groups in total. The Morgan fingerprint density at radius 2 is 1.64 bits per heavy atom. The van der Waals surface area contributed by atoms with Crippen LogP contribution in [0.3, 0.4) is 0 Å². The molecule has 6 rings (SSSR count). The standard InChI is InChI=1S/C40H44ClF3N4O5/c1-38(2,37(49)50)17-16-31-36(53-5)48-32(34(46-31)40(42,43)44)18-22-12-14-27-25(22)8-6-9-26(27)28-10-7-11-29(33(28)41)30-15-13-23(35(47-30)52-4)21-45-24-19-39(3,51)20-24/h6-11,13,15,22,24,45,51H,12,14,16-21H2,1-5H3,(H,49,50)/t22-,24?,39?/m1/s1. The Kier molecular flexibility index (Phi) is 10.8. The molecule has 1 atom stereocenters. The molecule has 1 fully saturated rings. The molecule has 0 saturated heterocycles. The van der Waals surface area contributed by atoms with Gasteiger partial charge in [0, 0.05) is 29.3 Å². The van der Waals surface area contributed by atoms with Gasteiger partial charge in [-0.05, 0) is 94.4 Å². The summed E-state index contributed by atoms with van der Waals surface area (Å²) in [5.74, 6) is -0.879. The number of ether oxygens (including phenoxy) is 2. The highest BCUT2D eigenvalue weighted by Crippen LogP contribution is 2.45. The lowest BCUT2D eigenvalue weighted by molar-refractivity contribution is -0.147. The maximum atomic E-state index is 14.5. The van der Waals surface area contributed by atoms with Gasteiger partial charge in [0.15, 0.2) is 5.69 Å². The summed E-state index contributed by atoms with van der Waals surface area (Å²) in [6.07, 6.45) is -2.14. The number of fused-ring (bicyclic) bond motifs is 1. The lowest BCUT2D eigenvalue weighted by Gasteiger charge is -2.41. The van der Waals surface area contributed by atoms with Crippen molar-refractivity contribution in [2.24, 2.45) is 5.41 Å². The van der Waals surface area contributed by atoms with Crippen LogP contribution in [0.5, 0.6) is 11.8 Å². The van der Waals surface area contributed by atoms with Crippen molar-refractivity contribution < 1.29 is 37.7 Å². The van der Waals surface area contributed by atoms with Gasteiger partial charge >= 0.3 is 12.1 Å². The molecular weight excluding hydrogens is 709 g/mol. The highest BCUT2D eigenvalue weighted by atomic mass is 35.5. The SMILES string of the molecule is COc1nc(-c2cccc(-c3cccc4c3CC[C@@H]4Cc3nc(OC)c(CCC(C)(C)C(=O)O)nc3C(F)(F)F)c2Cl)ccc1CNC1CC(C)(O)C1. The number of alkyl halides is 3. The fourth-order valence-electron chi connectivity index (χ4n) is 7.43. The van der Waals surface area contributed by atoms with Crippen LogP contribution in [-0.2, 0) is 36.8 Å². The number of aromatic nitrogens is 3. The number of hydrogen-bond acceptors (Lipinski definition) is 8. The first-order valence-electron chi connectivity index (χ1n) is 17.7. The van der Waals surface area contributed by atoms with Gasteiger partial charge in [0.25, 0.3) is 0 Å². The summed E-state index contributed by atoms with van der Waals surface area (Å²) in [7, 11) is 2.89. The van der Waals surface area contributed by atoms with Gasteiger partial charge in [-0.1, -0.05) is 54.1 Å². The molecule has 4 aromatic rings. The van der Waals surface area contributed by atoms with E-state index in [4.69, 9.17) is 26.1 Å². The Labute approximate surface area is 312 Å². The molecule has 9 nitrogen and oxygen atoms in total. The second kappa shape index (κ2) is 14.9. The number of rotatable bonds is 13. The van der Waals surface area contributed by atoms with Crippen molar-refractivity contribution in [2.75, 3.05) is 14.2 Å². The number of nitrogens with one attached hydrogen (secondary N) is 1. The molecule has 0 bridgehead atoms. The zero-order valence-corrected chi connectivity index (χ0v) is 31.2. The average molecular weight is 753 g/mol. The van der Waals surface area contributed by atoms with E-state index in [9.17, 15) is 28.2 Å². The zero-order chi connectivity index (χ0) is 38.3. The third-order valence-corrected chi connectivity index (χ3v) is 10.9. The second-order valence-electron chi connectivity index (χ2n) is 15.0. The predicted octanol–water partition coefficient (Wildman–Crippen LogP) is 8.21. The summed E-state index contributed by atoms with van der Waals surface area (Å²) >= 11 is 7.12. The van der Waals surface area contributed by atoms with Gasteiger partial charge in [-0.2, -0.15) is 13.2 Å². The topological polar surface area (TPSA) is 127 Å². The summed E-state index contributed by atoms with van der Waals surface area (Å²) < 4.78 is 54.4. The smallest absolute Gasteiger partial charge is 0.435 e. The van der Waals surface area contributed by atoms with Crippen molar-refractivity contribution >= 4 is 17.6 Å². The molecule has 0 unspecified atom stereocenters. The van der Waals surface area contributed by atoms with E-state index >= 15 is 0 Å². The van der Waals surface area contributed by atoms with E-state index in [0.29, 0.717) is 54.4 Å². The number of aryl methyl sites for hydroxylation is 1. The van der Waals surface area contributed by atoms with Crippen molar-refractivity contribution in [1.29, 1.82) is 0 Å². The molecule has 0 aliphatic heterocycles. The number of carboxylic acid groups (broad SMARTS) is 1. The average Bonchev–Trinajstić information content (AvgIpc) is 3.51. The van der Waals surface area contributed by atoms with Crippen LogP contribution in [0.1, 0.15) is 86.1 Å². The molecule has 2 aromatic carbocycles. The normalized spacial score (nSPS) is 19.8. The number of methoxy groups -OCH3 is 2. The van der Waals surface area contributed by atoms with Crippen molar-refractivity contribution in [1.82, 2.24) is 20.3 Å². The Bertz CT molecular complexity index is 2010. The fourth-order valence-corrected chi connectivity index (χ4v) is 7.75. The predicted molar refractivity (Wildman–Crippen MR) is 195 cm³/mol. The van der Waals surface area contributed by atoms with Gasteiger partial charge < -0.3 is 25.0 Å². The van der Waals surface area contributed by atoms with E-state index in [-0.39, 0.29) is 48.5 Å². The quantitative estimate of drug-likeness (QED) is 0.124. The third-order valence-electron chi connectivity index (χ3n) is 10.5. The van der Waals surface area contributed by atoms with Gasteiger partial charge in [-0.3, -0.25) is 4.79 Å². The lowest BCUT2D eigenvalue weighted by atomic mass is 9.77. The minimum Gasteiger partial charge on any atom is -0.481 e. The van der Waals surface area contributed by atoms with Crippen molar-refractivity contribution in [3.63, 3.8) is 0 Å². The first kappa shape index (κ1) is 38.5. The molecule has 0 amide bonds. The van der Waals surface area contributed by atoms with E-state index in [0.717, 1.165) is 27.8 Å². The Morgan fingerprint density at radius 3 is 2.30 bits per heavy atom. The molecule has 0 spiro atoms. The zero-order valence-electron chi connectivity index (χ0n) is 30.4. The van der Waals surface area contributed by atoms with Crippen molar-refractivity contribution in [3.8, 4) is 34.1 Å². The lowest BCUT2D eigenvalue weighted by Crippen LogP contribution is -2.51. The Hall–Kier alpha value is -4.26. The van der Waals surface area contributed by atoms with Crippen molar-refractivity contribution in [2.45, 2.75) is 96.0 Å². The molecule has 2 aliphatic carbocycles. The van der Waals surface area contributed by atoms with E-state index in [1.165, 1.54) is 21.0 Å². The van der Waals surface area contributed by atoms with E-state index < -0.39 is 28.9 Å². The molecule has 2 heterocycles. The monoisotopic (exact) mass is 752 g/mol. The van der Waals surface area contributed by atoms with Gasteiger partial charge in [0.2, 0.25) is 11.8 Å². The van der Waals surface area contributed by atoms with Crippen LogP contribution in [0, 0.1) is 5.41 Å². The highest BCUT2D eigenvalue weighted by molar-refractivity contribution is 6.36. The largest absolute Gasteiger partial charge is 0.481 e. The number of benzene rings is 2. The fraction of sp³-hybridized carbons (Fsp3) is 0.450. The van der Waals surface area contributed by atoms with Gasteiger partial charge in [-0.15, -0.1) is 0 Å². The number of nitrogens with zero attached hydrogens (tertiary/aromatic N) is 3. The molecule has 1 saturated carbocycles. The van der Waals surface area contributed by atoms with Gasteiger partial charge in [-0.25, -0.2) is 15.0 Å². The summed E-state index contributed by atoms with van der Waals surface area (Å²) in [5, 5.41) is 23.5. The summed E-state index contributed by atoms with van der Waals surface area (Å²) in [5.41, 5.74) is 2.76. The van der Waals surface area contributed by atoms with Crippen LogP contribution in [-0.4, -0.2) is 57.0 Å². The molecule has 2 aromatic heterocycles. The Morgan fingerprint density at radius 1 is 0.962 bits per heavy atom. The summed E-state index contributed by atoms with van der Waals surface area (Å²) in [4.78, 5) is 24.7. The van der Waals surface area contributed by atoms with Crippen LogP contribution >= 0.6 is 11.6 Å². The van der Waals surface area contributed by atoms with Gasteiger partial charge in [0.1, 0.15) is 5.69 Å². The van der Waals surface area contributed by atoms with Crippen LogP contribution < -0.4 is 14.8 Å². The number of carbonyl (C=O) groups is 1. The molecule has 13 heteroatoms. The maximum Gasteiger partial charge on any atom is 0.435 e. The number of aliphatic carboxylic acids is 1. The number of hydrogen-bond donors (Lipinski definition) is 3. The molecule has 0 radical (unpaired) electrons. The number of halogens is 4. The molecule has 2 aliphatic rings. The van der Waals surface area contributed by atoms with Crippen molar-refractivity contribution in [3.05, 3.63) is 87.3 Å². The first-order valence-corrected chi connectivity index (χ1v) is 18.0. The summed E-state index contributed by atoms with van der Waals surface area (Å²) in [6.45, 7) is 5.40. The first-order chi connectivity index (χ1) is 25.0. The van der Waals surface area contributed by atoms with Crippen LogP contribution in [0.15, 0.2) is 48.5 Å². The third kappa shape index (κ3) is 8.14. The number of carboxylic acids is 1. The van der Waals surface area contributed by atoms with Crippen LogP contribution in [0.2, 0.25) is 5.02 Å². The van der Waals surface area contributed by atoms with E-state index in [1.807, 2.05) is 55.5 Å². The maximum absolute atomic E-state index is 14.5. The highest BCUT2D eigenvalue weighted by Gasteiger charge is 2.40. The van der Waals surface area contributed by atoms with Crippen LogP contribution in [0.25, 0.3) is 22.4 Å². The Balaban J connectivity index is 1.27. The molecular formula is C40H44ClF3N4O5. The number of pyridine rings is 1. The second-order valence-corrected chi connectivity index (χ2v) is 15.4.